The average molecular weight is 275 g/mol. The highest BCUT2D eigenvalue weighted by molar-refractivity contribution is 5.73. The Balaban J connectivity index is 1.87. The highest BCUT2D eigenvalue weighted by Crippen LogP contribution is 2.37. The zero-order chi connectivity index (χ0) is 13.8. The molecule has 8 heteroatoms. The molecule has 0 saturated carbocycles. The smallest absolute Gasteiger partial charge is 0.352 e. The van der Waals surface area contributed by atoms with E-state index < -0.39 is 12.6 Å². The Bertz CT molecular complexity index is 431. The first kappa shape index (κ1) is 12.7. The van der Waals surface area contributed by atoms with Gasteiger partial charge in [-0.05, 0) is 19.5 Å². The molecule has 2 saturated heterocycles. The van der Waals surface area contributed by atoms with Crippen molar-refractivity contribution >= 4 is 6.21 Å². The van der Waals surface area contributed by atoms with Crippen LogP contribution in [0.15, 0.2) is 16.9 Å². The first-order chi connectivity index (χ1) is 8.88. The van der Waals surface area contributed by atoms with Crippen LogP contribution in [0.1, 0.15) is 6.42 Å². The fourth-order valence-electron chi connectivity index (χ4n) is 3.14. The number of nitrogens with zero attached hydrogens (tertiary/aromatic N) is 4. The number of aliphatic imine (C=N–C) groups is 1. The van der Waals surface area contributed by atoms with Crippen LogP contribution < -0.4 is 5.73 Å². The minimum absolute atomic E-state index is 0.121. The molecule has 0 spiro atoms. The van der Waals surface area contributed by atoms with Gasteiger partial charge in [-0.3, -0.25) is 15.6 Å². The van der Waals surface area contributed by atoms with Crippen molar-refractivity contribution in [2.24, 2.45) is 10.7 Å². The second-order valence-corrected chi connectivity index (χ2v) is 5.21. The van der Waals surface area contributed by atoms with Gasteiger partial charge in [-0.15, -0.1) is 13.2 Å². The van der Waals surface area contributed by atoms with Gasteiger partial charge in [0.05, 0.1) is 0 Å². The maximum Gasteiger partial charge on any atom is 0.488 e. The standard InChI is InChI=1S/C11H16F3N5/c1-17-5-8-4-7(17)6-18(8)9-2-3-16-10(15)19(9)11(12,13)14/h2-3,7-8,10H,4-6,15H2,1H3/t7-,8-,10?/m0/s1. The van der Waals surface area contributed by atoms with Gasteiger partial charge in [0.15, 0.2) is 6.29 Å². The van der Waals surface area contributed by atoms with Crippen molar-refractivity contribution in [3.05, 3.63) is 11.9 Å². The maximum absolute atomic E-state index is 13.1. The first-order valence-corrected chi connectivity index (χ1v) is 6.20. The highest BCUT2D eigenvalue weighted by atomic mass is 19.4. The number of likely N-dealkylation sites (N-methyl/N-ethyl adjacent to an activating group) is 1. The van der Waals surface area contributed by atoms with E-state index in [9.17, 15) is 13.2 Å². The van der Waals surface area contributed by atoms with Crippen LogP contribution in [0.3, 0.4) is 0 Å². The van der Waals surface area contributed by atoms with E-state index in [1.165, 1.54) is 12.3 Å². The minimum Gasteiger partial charge on any atom is -0.352 e. The summed E-state index contributed by atoms with van der Waals surface area (Å²) in [6.45, 7) is 1.40. The van der Waals surface area contributed by atoms with Crippen LogP contribution in [0.5, 0.6) is 0 Å². The summed E-state index contributed by atoms with van der Waals surface area (Å²) < 4.78 is 39.3. The van der Waals surface area contributed by atoms with Gasteiger partial charge < -0.3 is 4.90 Å². The van der Waals surface area contributed by atoms with Gasteiger partial charge in [0.25, 0.3) is 0 Å². The molecule has 0 aromatic carbocycles. The molecule has 1 unspecified atom stereocenters. The van der Waals surface area contributed by atoms with Crippen molar-refractivity contribution in [1.29, 1.82) is 0 Å². The molecule has 0 amide bonds. The van der Waals surface area contributed by atoms with Crippen LogP contribution in [-0.4, -0.2) is 65.7 Å². The number of hydrogen-bond acceptors (Lipinski definition) is 5. The molecule has 3 heterocycles. The number of rotatable bonds is 1. The molecule has 5 nitrogen and oxygen atoms in total. The fraction of sp³-hybridized carbons (Fsp3) is 0.727. The number of piperazine rings is 1. The molecule has 0 aliphatic carbocycles. The predicted molar refractivity (Wildman–Crippen MR) is 64.0 cm³/mol. The fourth-order valence-corrected chi connectivity index (χ4v) is 3.14. The third kappa shape index (κ3) is 1.99. The van der Waals surface area contributed by atoms with Crippen molar-refractivity contribution in [3.8, 4) is 0 Å². The normalized spacial score (nSPS) is 35.2. The largest absolute Gasteiger partial charge is 0.488 e. The number of halogens is 3. The van der Waals surface area contributed by atoms with E-state index >= 15 is 0 Å². The van der Waals surface area contributed by atoms with Gasteiger partial charge in [0.2, 0.25) is 0 Å². The second kappa shape index (κ2) is 4.11. The number of fused-ring (bicyclic) bond motifs is 2. The maximum atomic E-state index is 13.1. The average Bonchev–Trinajstić information content (AvgIpc) is 2.85. The van der Waals surface area contributed by atoms with E-state index in [2.05, 4.69) is 9.89 Å². The molecule has 19 heavy (non-hydrogen) atoms. The Morgan fingerprint density at radius 1 is 1.32 bits per heavy atom. The molecule has 2 fully saturated rings. The predicted octanol–water partition coefficient (Wildman–Crippen LogP) is 0.365. The Morgan fingerprint density at radius 3 is 2.58 bits per heavy atom. The van der Waals surface area contributed by atoms with E-state index in [4.69, 9.17) is 5.73 Å². The van der Waals surface area contributed by atoms with Gasteiger partial charge >= 0.3 is 6.30 Å². The van der Waals surface area contributed by atoms with Gasteiger partial charge in [0, 0.05) is 31.4 Å². The summed E-state index contributed by atoms with van der Waals surface area (Å²) >= 11 is 0. The number of likely N-dealkylation sites (tertiary alicyclic amines) is 2. The zero-order valence-corrected chi connectivity index (χ0v) is 10.5. The summed E-state index contributed by atoms with van der Waals surface area (Å²) in [6.07, 6.45) is -2.24. The van der Waals surface area contributed by atoms with Gasteiger partial charge in [-0.1, -0.05) is 0 Å². The molecule has 3 atom stereocenters. The molecule has 2 N–H and O–H groups in total. The monoisotopic (exact) mass is 275 g/mol. The molecule has 0 aromatic rings. The lowest BCUT2D eigenvalue weighted by Gasteiger charge is -2.42. The van der Waals surface area contributed by atoms with E-state index in [0.717, 1.165) is 13.0 Å². The van der Waals surface area contributed by atoms with Crippen molar-refractivity contribution < 1.29 is 13.2 Å². The lowest BCUT2D eigenvalue weighted by molar-refractivity contribution is -0.251. The Labute approximate surface area is 109 Å². The molecule has 106 valence electrons. The molecular formula is C11H16F3N5. The SMILES string of the molecule is CN1C[C@@H]2C[C@H]1CN2C1=CC=NC(N)N1C(F)(F)F. The third-order valence-electron chi connectivity index (χ3n) is 4.06. The summed E-state index contributed by atoms with van der Waals surface area (Å²) in [7, 11) is 2.01. The third-order valence-corrected chi connectivity index (χ3v) is 4.06. The molecule has 3 aliphatic heterocycles. The second-order valence-electron chi connectivity index (χ2n) is 5.21. The number of allylic oxidation sites excluding steroid dienone is 1. The summed E-state index contributed by atoms with van der Waals surface area (Å²) in [5, 5.41) is 0. The number of alkyl halides is 3. The van der Waals surface area contributed by atoms with Crippen LogP contribution in [0.4, 0.5) is 13.2 Å². The molecule has 3 rings (SSSR count). The molecule has 3 aliphatic rings. The van der Waals surface area contributed by atoms with E-state index in [1.54, 1.807) is 0 Å². The zero-order valence-electron chi connectivity index (χ0n) is 10.5. The highest BCUT2D eigenvalue weighted by Gasteiger charge is 2.49. The van der Waals surface area contributed by atoms with E-state index in [1.807, 2.05) is 11.9 Å². The van der Waals surface area contributed by atoms with Gasteiger partial charge in [0.1, 0.15) is 5.82 Å². The number of hydrogen-bond donors (Lipinski definition) is 1. The van der Waals surface area contributed by atoms with Crippen LogP contribution in [-0.2, 0) is 0 Å². The van der Waals surface area contributed by atoms with Crippen molar-refractivity contribution in [1.82, 2.24) is 14.7 Å². The van der Waals surface area contributed by atoms with Crippen molar-refractivity contribution in [2.75, 3.05) is 20.1 Å². The quantitative estimate of drug-likeness (QED) is 0.702. The Hall–Kier alpha value is -1.28. The summed E-state index contributed by atoms with van der Waals surface area (Å²) in [6, 6.07) is 0.459. The van der Waals surface area contributed by atoms with E-state index in [0.29, 0.717) is 12.6 Å². The van der Waals surface area contributed by atoms with Crippen LogP contribution in [0, 0.1) is 0 Å². The first-order valence-electron chi connectivity index (χ1n) is 6.20. The van der Waals surface area contributed by atoms with Crippen LogP contribution in [0.2, 0.25) is 0 Å². The summed E-state index contributed by atoms with van der Waals surface area (Å²) in [5.41, 5.74) is 5.48. The molecule has 0 radical (unpaired) electrons. The van der Waals surface area contributed by atoms with Crippen LogP contribution in [0.25, 0.3) is 0 Å². The Morgan fingerprint density at radius 2 is 2.05 bits per heavy atom. The lowest BCUT2D eigenvalue weighted by atomic mass is 10.2. The van der Waals surface area contributed by atoms with E-state index in [-0.39, 0.29) is 16.8 Å². The molecule has 0 aromatic heterocycles. The van der Waals surface area contributed by atoms with Gasteiger partial charge in [-0.2, -0.15) is 0 Å². The van der Waals surface area contributed by atoms with Gasteiger partial charge in [-0.25, -0.2) is 4.90 Å². The van der Waals surface area contributed by atoms with Crippen LogP contribution >= 0.6 is 0 Å². The lowest BCUT2D eigenvalue weighted by Crippen LogP contribution is -2.56. The van der Waals surface area contributed by atoms with Crippen molar-refractivity contribution in [2.45, 2.75) is 31.1 Å². The number of nitrogens with two attached hydrogens (primary N) is 1. The summed E-state index contributed by atoms with van der Waals surface area (Å²) in [4.78, 5) is 7.87. The minimum atomic E-state index is -4.52. The molecule has 2 bridgehead atoms. The topological polar surface area (TPSA) is 48.1 Å². The molecular weight excluding hydrogens is 259 g/mol. The summed E-state index contributed by atoms with van der Waals surface area (Å²) in [5.74, 6) is 0.121. The van der Waals surface area contributed by atoms with Crippen molar-refractivity contribution in [3.63, 3.8) is 0 Å². The Kier molecular flexibility index (Phi) is 2.75.